The molecule has 164 valence electrons. The van der Waals surface area contributed by atoms with Crippen molar-refractivity contribution in [2.24, 2.45) is 0 Å². The second-order valence-electron chi connectivity index (χ2n) is 8.00. The van der Waals surface area contributed by atoms with Crippen molar-refractivity contribution in [2.45, 2.75) is 20.4 Å². The van der Waals surface area contributed by atoms with Gasteiger partial charge in [0.15, 0.2) is 0 Å². The number of nitrogens with zero attached hydrogens (tertiary/aromatic N) is 4. The van der Waals surface area contributed by atoms with Gasteiger partial charge in [-0.05, 0) is 61.4 Å². The fraction of sp³-hybridized carbons (Fsp3) is 0.120. The van der Waals surface area contributed by atoms with E-state index in [4.69, 9.17) is 0 Å². The first-order chi connectivity index (χ1) is 15.9. The number of halogens is 1. The van der Waals surface area contributed by atoms with Crippen LogP contribution in [0.2, 0.25) is 0 Å². The quantitative estimate of drug-likeness (QED) is 0.455. The van der Waals surface area contributed by atoms with Gasteiger partial charge in [0.05, 0.1) is 17.6 Å². The third-order valence-corrected chi connectivity index (χ3v) is 5.44. The minimum Gasteiger partial charge on any atom is -0.319 e. The predicted molar refractivity (Wildman–Crippen MR) is 124 cm³/mol. The highest BCUT2D eigenvalue weighted by atomic mass is 19.1. The number of rotatable bonds is 4. The predicted octanol–water partition coefficient (Wildman–Crippen LogP) is 4.10. The number of nitrogens with one attached hydrogen (secondary N) is 1. The molecule has 5 aromatic rings. The first-order valence-electron chi connectivity index (χ1n) is 10.4. The van der Waals surface area contributed by atoms with Crippen molar-refractivity contribution in [3.63, 3.8) is 0 Å². The Labute approximate surface area is 188 Å². The maximum atomic E-state index is 13.7. The number of amides is 1. The van der Waals surface area contributed by atoms with E-state index in [9.17, 15) is 14.0 Å². The molecule has 0 aliphatic heterocycles. The number of benzene rings is 3. The van der Waals surface area contributed by atoms with Crippen LogP contribution in [0.25, 0.3) is 16.7 Å². The second kappa shape index (κ2) is 7.98. The number of aryl methyl sites for hydroxylation is 2. The van der Waals surface area contributed by atoms with E-state index in [0.29, 0.717) is 22.3 Å². The van der Waals surface area contributed by atoms with Crippen LogP contribution in [0.1, 0.15) is 27.3 Å². The van der Waals surface area contributed by atoms with E-state index < -0.39 is 11.5 Å². The van der Waals surface area contributed by atoms with E-state index >= 15 is 0 Å². The molecule has 0 unspecified atom stereocenters. The van der Waals surface area contributed by atoms with Gasteiger partial charge in [0.1, 0.15) is 5.82 Å². The zero-order valence-corrected chi connectivity index (χ0v) is 18.0. The molecule has 0 atom stereocenters. The number of hydrogen-bond donors (Lipinski definition) is 1. The van der Waals surface area contributed by atoms with Crippen molar-refractivity contribution >= 4 is 28.3 Å². The highest BCUT2D eigenvalue weighted by Gasteiger charge is 2.19. The molecular formula is C25H20FN5O2. The Bertz CT molecular complexity index is 1590. The SMILES string of the molecule is Cc1ccc(NC(=O)c2nc3c(=O)n(Cc4cccc(F)c4)c4cc(C)ccc4n3n2)cc1. The Morgan fingerprint density at radius 1 is 0.970 bits per heavy atom. The zero-order valence-electron chi connectivity index (χ0n) is 18.0. The number of anilines is 1. The minimum atomic E-state index is -0.515. The van der Waals surface area contributed by atoms with Crippen molar-refractivity contribution < 1.29 is 9.18 Å². The van der Waals surface area contributed by atoms with Gasteiger partial charge < -0.3 is 5.32 Å². The normalized spacial score (nSPS) is 11.2. The van der Waals surface area contributed by atoms with E-state index in [1.165, 1.54) is 21.2 Å². The lowest BCUT2D eigenvalue weighted by molar-refractivity contribution is 0.101. The lowest BCUT2D eigenvalue weighted by Crippen LogP contribution is -2.24. The summed E-state index contributed by atoms with van der Waals surface area (Å²) in [7, 11) is 0. The first-order valence-corrected chi connectivity index (χ1v) is 10.4. The van der Waals surface area contributed by atoms with E-state index in [2.05, 4.69) is 15.4 Å². The van der Waals surface area contributed by atoms with Crippen molar-refractivity contribution in [1.29, 1.82) is 0 Å². The summed E-state index contributed by atoms with van der Waals surface area (Å²) in [5.74, 6) is -1.00. The standard InChI is InChI=1S/C25H20FN5O2/c1-15-6-9-19(10-7-15)27-24(32)22-28-23-25(33)30(14-17-4-3-5-18(26)13-17)21-12-16(2)8-11-20(21)31(23)29-22/h3-13H,14H2,1-2H3,(H,27,32). The van der Waals surface area contributed by atoms with Crippen molar-refractivity contribution in [3.8, 4) is 0 Å². The van der Waals surface area contributed by atoms with Gasteiger partial charge in [-0.2, -0.15) is 4.98 Å². The smallest absolute Gasteiger partial charge is 0.296 e. The van der Waals surface area contributed by atoms with E-state index in [0.717, 1.165) is 11.1 Å². The third kappa shape index (κ3) is 3.87. The maximum absolute atomic E-state index is 13.7. The van der Waals surface area contributed by atoms with Gasteiger partial charge in [0.25, 0.3) is 11.5 Å². The minimum absolute atomic E-state index is 0.0248. The van der Waals surface area contributed by atoms with Crippen LogP contribution in [0.5, 0.6) is 0 Å². The molecule has 7 nitrogen and oxygen atoms in total. The molecule has 2 aromatic heterocycles. The van der Waals surface area contributed by atoms with Gasteiger partial charge in [0.2, 0.25) is 11.5 Å². The lowest BCUT2D eigenvalue weighted by Gasteiger charge is -2.12. The molecule has 3 aromatic carbocycles. The van der Waals surface area contributed by atoms with E-state index in [1.54, 1.807) is 24.3 Å². The summed E-state index contributed by atoms with van der Waals surface area (Å²) in [6.07, 6.45) is 0. The molecule has 8 heteroatoms. The first kappa shape index (κ1) is 20.6. The van der Waals surface area contributed by atoms with Crippen LogP contribution < -0.4 is 10.9 Å². The molecule has 1 N–H and O–H groups in total. The fourth-order valence-electron chi connectivity index (χ4n) is 3.77. The summed E-state index contributed by atoms with van der Waals surface area (Å²) in [6.45, 7) is 4.03. The number of carbonyl (C=O) groups excluding carboxylic acids is 1. The van der Waals surface area contributed by atoms with Crippen LogP contribution in [0, 0.1) is 19.7 Å². The van der Waals surface area contributed by atoms with E-state index in [1.807, 2.05) is 44.2 Å². The molecule has 0 radical (unpaired) electrons. The molecule has 2 heterocycles. The van der Waals surface area contributed by atoms with Crippen LogP contribution in [0.3, 0.4) is 0 Å². The van der Waals surface area contributed by atoms with E-state index in [-0.39, 0.29) is 23.8 Å². The Hall–Kier alpha value is -4.33. The summed E-state index contributed by atoms with van der Waals surface area (Å²) in [4.78, 5) is 30.4. The molecule has 0 saturated carbocycles. The fourth-order valence-corrected chi connectivity index (χ4v) is 3.77. The molecule has 0 spiro atoms. The lowest BCUT2D eigenvalue weighted by atomic mass is 10.2. The summed E-state index contributed by atoms with van der Waals surface area (Å²) in [6, 6.07) is 19.0. The molecule has 1 amide bonds. The van der Waals surface area contributed by atoms with Gasteiger partial charge in [-0.15, -0.1) is 5.10 Å². The maximum Gasteiger partial charge on any atom is 0.296 e. The zero-order chi connectivity index (χ0) is 23.1. The van der Waals surface area contributed by atoms with Crippen LogP contribution in [-0.2, 0) is 6.54 Å². The van der Waals surface area contributed by atoms with Gasteiger partial charge in [-0.3, -0.25) is 14.2 Å². The molecule has 5 rings (SSSR count). The second-order valence-corrected chi connectivity index (χ2v) is 8.00. The molecule has 0 saturated heterocycles. The topological polar surface area (TPSA) is 81.3 Å². The number of fused-ring (bicyclic) bond motifs is 3. The number of aromatic nitrogens is 4. The molecule has 0 aliphatic carbocycles. The molecular weight excluding hydrogens is 421 g/mol. The number of hydrogen-bond acceptors (Lipinski definition) is 4. The third-order valence-electron chi connectivity index (χ3n) is 5.44. The molecule has 0 fully saturated rings. The van der Waals surface area contributed by atoms with Crippen molar-refractivity contribution in [1.82, 2.24) is 19.2 Å². The Morgan fingerprint density at radius 3 is 2.48 bits per heavy atom. The van der Waals surface area contributed by atoms with Crippen LogP contribution in [-0.4, -0.2) is 25.1 Å². The summed E-state index contributed by atoms with van der Waals surface area (Å²) in [5, 5.41) is 7.08. The monoisotopic (exact) mass is 441 g/mol. The van der Waals surface area contributed by atoms with Crippen molar-refractivity contribution in [2.75, 3.05) is 5.32 Å². The highest BCUT2D eigenvalue weighted by molar-refractivity contribution is 6.02. The summed E-state index contributed by atoms with van der Waals surface area (Å²) < 4.78 is 16.7. The van der Waals surface area contributed by atoms with Crippen LogP contribution in [0.15, 0.2) is 71.5 Å². The summed E-state index contributed by atoms with van der Waals surface area (Å²) >= 11 is 0. The van der Waals surface area contributed by atoms with Gasteiger partial charge in [-0.1, -0.05) is 35.9 Å². The molecule has 33 heavy (non-hydrogen) atoms. The van der Waals surface area contributed by atoms with Crippen LogP contribution in [0.4, 0.5) is 10.1 Å². The van der Waals surface area contributed by atoms with Crippen molar-refractivity contribution in [3.05, 3.63) is 105 Å². The average Bonchev–Trinajstić information content (AvgIpc) is 3.24. The Kier molecular flexibility index (Phi) is 4.97. The Balaban J connectivity index is 1.64. The van der Waals surface area contributed by atoms with Gasteiger partial charge in [0, 0.05) is 5.69 Å². The van der Waals surface area contributed by atoms with Crippen LogP contribution >= 0.6 is 0 Å². The molecule has 0 aliphatic rings. The molecule has 0 bridgehead atoms. The summed E-state index contributed by atoms with van der Waals surface area (Å²) in [5.41, 5.74) is 4.11. The van der Waals surface area contributed by atoms with Gasteiger partial charge in [-0.25, -0.2) is 8.91 Å². The largest absolute Gasteiger partial charge is 0.319 e. The average molecular weight is 441 g/mol. The Morgan fingerprint density at radius 2 is 1.73 bits per heavy atom. The van der Waals surface area contributed by atoms with Gasteiger partial charge >= 0.3 is 0 Å². The highest BCUT2D eigenvalue weighted by Crippen LogP contribution is 2.18. The number of carbonyl (C=O) groups is 1.